The van der Waals surface area contributed by atoms with E-state index in [1.54, 1.807) is 16.7 Å². The summed E-state index contributed by atoms with van der Waals surface area (Å²) in [7, 11) is 0. The third kappa shape index (κ3) is 6.58. The molecule has 4 aromatic heterocycles. The molecule has 0 bridgehead atoms. The molecule has 0 radical (unpaired) electrons. The lowest BCUT2D eigenvalue weighted by atomic mass is 9.98. The van der Waals surface area contributed by atoms with E-state index in [1.807, 2.05) is 174 Å². The predicted molar refractivity (Wildman–Crippen MR) is 264 cm³/mol. The molecule has 0 saturated heterocycles. The third-order valence-electron chi connectivity index (χ3n) is 12.8. The molecule has 69 heavy (non-hydrogen) atoms. The highest BCUT2D eigenvalue weighted by atomic mass is 19.2. The molecule has 0 unspecified atom stereocenters. The first-order valence-electron chi connectivity index (χ1n) is 22.0. The van der Waals surface area contributed by atoms with Crippen LogP contribution in [0.15, 0.2) is 194 Å². The first kappa shape index (κ1) is 41.2. The number of rotatable bonds is 7. The second kappa shape index (κ2) is 16.3. The van der Waals surface area contributed by atoms with Gasteiger partial charge in [0.15, 0.2) is 23.3 Å². The van der Waals surface area contributed by atoms with Gasteiger partial charge in [0.05, 0.1) is 68.4 Å². The normalized spacial score (nSPS) is 11.5. The number of hydrogen-bond donors (Lipinski definition) is 0. The molecular weight excluding hydrogens is 874 g/mol. The summed E-state index contributed by atoms with van der Waals surface area (Å²) in [6.07, 6.45) is 0. The third-order valence-corrected chi connectivity index (χ3v) is 12.8. The summed E-state index contributed by atoms with van der Waals surface area (Å²) in [5.41, 5.74) is 7.67. The zero-order valence-corrected chi connectivity index (χ0v) is 36.1. The van der Waals surface area contributed by atoms with Crippen molar-refractivity contribution in [3.63, 3.8) is 0 Å². The number of para-hydroxylation sites is 2. The topological polar surface area (TPSA) is 40.0 Å². The van der Waals surface area contributed by atoms with E-state index in [9.17, 15) is 4.39 Å². The molecule has 0 N–H and O–H groups in total. The van der Waals surface area contributed by atoms with Crippen molar-refractivity contribution in [1.29, 1.82) is 0 Å². The fourth-order valence-electron chi connectivity index (χ4n) is 9.62. The largest absolute Gasteiger partial charge is 0.319 e. The van der Waals surface area contributed by atoms with Gasteiger partial charge < -0.3 is 9.13 Å². The maximum Gasteiger partial charge on any atom is 0.234 e. The number of nitrogens with zero attached hydrogens (tertiary/aromatic N) is 5. The van der Waals surface area contributed by atoms with Gasteiger partial charge >= 0.3 is 0 Å². The van der Waals surface area contributed by atoms with Crippen LogP contribution in [0.5, 0.6) is 0 Å². The summed E-state index contributed by atoms with van der Waals surface area (Å²) >= 11 is 0. The van der Waals surface area contributed by atoms with Crippen molar-refractivity contribution in [2.75, 3.05) is 0 Å². The van der Waals surface area contributed by atoms with E-state index in [0.717, 1.165) is 50.1 Å². The van der Waals surface area contributed by atoms with E-state index < -0.39 is 34.6 Å². The quantitative estimate of drug-likeness (QED) is 0.0692. The maximum absolute atomic E-state index is 16.2. The van der Waals surface area contributed by atoms with E-state index in [-0.39, 0.29) is 16.9 Å². The van der Waals surface area contributed by atoms with Gasteiger partial charge in [-0.3, -0.25) is 0 Å². The van der Waals surface area contributed by atoms with Gasteiger partial charge in [0.1, 0.15) is 0 Å². The van der Waals surface area contributed by atoms with Crippen LogP contribution in [0.1, 0.15) is 0 Å². The lowest BCUT2D eigenvalue weighted by molar-refractivity contribution is 0.381. The molecule has 0 aliphatic heterocycles. The first-order chi connectivity index (χ1) is 33.8. The molecule has 0 spiro atoms. The molecule has 0 fully saturated rings. The van der Waals surface area contributed by atoms with Crippen LogP contribution in [-0.2, 0) is 0 Å². The van der Waals surface area contributed by atoms with Crippen LogP contribution in [0.4, 0.5) is 27.6 Å². The molecule has 5 nitrogen and oxygen atoms in total. The van der Waals surface area contributed by atoms with Crippen LogP contribution < -0.4 is 0 Å². The van der Waals surface area contributed by atoms with Crippen molar-refractivity contribution >= 4 is 49.3 Å². The number of benzene rings is 8. The van der Waals surface area contributed by atoms with Crippen LogP contribution in [0.25, 0.3) is 116 Å². The number of hydrogen-bond acceptors (Lipinski definition) is 2. The minimum absolute atomic E-state index is 0.0710. The Labute approximate surface area is 391 Å². The molecule has 0 aliphatic rings. The Kier molecular flexibility index (Phi) is 9.74. The van der Waals surface area contributed by atoms with Crippen LogP contribution in [0.3, 0.4) is 0 Å². The SMILES string of the molecule is [C-]#[N+]c1c(-n2c3ccccc3c3cc(-c4cccc(-c5ccccc5)n4)ccc32)ccc(-c2c(F)c(F)c(F)c(F)c2F)c1-n1c2ccccc2c2cc(-c3cccc(-c4ccccc4)n3)ccc21. The van der Waals surface area contributed by atoms with Crippen molar-refractivity contribution < 1.29 is 22.0 Å². The summed E-state index contributed by atoms with van der Waals surface area (Å²) in [5, 5.41) is 3.11. The van der Waals surface area contributed by atoms with Crippen molar-refractivity contribution in [3.8, 4) is 67.5 Å². The second-order valence-electron chi connectivity index (χ2n) is 16.6. The monoisotopic (exact) mass is 905 g/mol. The summed E-state index contributed by atoms with van der Waals surface area (Å²) in [6, 6.07) is 60.7. The van der Waals surface area contributed by atoms with E-state index in [0.29, 0.717) is 44.2 Å². The van der Waals surface area contributed by atoms with Crippen molar-refractivity contribution in [2.45, 2.75) is 0 Å². The fourth-order valence-corrected chi connectivity index (χ4v) is 9.62. The van der Waals surface area contributed by atoms with E-state index in [1.165, 1.54) is 12.1 Å². The van der Waals surface area contributed by atoms with Gasteiger partial charge in [-0.1, -0.05) is 127 Å². The summed E-state index contributed by atoms with van der Waals surface area (Å²) in [4.78, 5) is 14.1. The molecule has 0 amide bonds. The lowest BCUT2D eigenvalue weighted by Crippen LogP contribution is -2.08. The zero-order valence-electron chi connectivity index (χ0n) is 36.1. The molecule has 0 saturated carbocycles. The molecule has 10 heteroatoms. The predicted octanol–water partition coefficient (Wildman–Crippen LogP) is 16.3. The minimum Gasteiger partial charge on any atom is -0.319 e. The Morgan fingerprint density at radius 1 is 0.362 bits per heavy atom. The molecule has 12 rings (SSSR count). The molecule has 12 aromatic rings. The molecule has 0 aliphatic carbocycles. The standard InChI is InChI=1S/C59H32F5N5/c1-65-58-51(68-47-24-10-8-18-38(47)41-32-36(26-29-49(41)68)45-22-12-20-43(66-45)34-14-4-2-5-15-34)31-28-40(52-53(60)55(62)57(64)56(63)54(52)61)59(58)69-48-25-11-9-19-39(48)42-33-37(27-30-50(42)69)46-23-13-21-44(67-46)35-16-6-3-7-17-35/h2-33H. The van der Waals surface area contributed by atoms with Crippen LogP contribution in [0, 0.1) is 35.7 Å². The van der Waals surface area contributed by atoms with Gasteiger partial charge in [-0.05, 0) is 66.7 Å². The van der Waals surface area contributed by atoms with Gasteiger partial charge in [0.25, 0.3) is 0 Å². The second-order valence-corrected chi connectivity index (χ2v) is 16.6. The van der Waals surface area contributed by atoms with Crippen LogP contribution >= 0.6 is 0 Å². The Morgan fingerprint density at radius 3 is 1.29 bits per heavy atom. The lowest BCUT2D eigenvalue weighted by Gasteiger charge is -2.21. The van der Waals surface area contributed by atoms with E-state index in [4.69, 9.17) is 16.5 Å². The summed E-state index contributed by atoms with van der Waals surface area (Å²) in [6.45, 7) is 8.91. The molecular formula is C59H32F5N5. The molecule has 8 aromatic carbocycles. The van der Waals surface area contributed by atoms with Crippen LogP contribution in [-0.4, -0.2) is 19.1 Å². The van der Waals surface area contributed by atoms with Crippen molar-refractivity contribution in [1.82, 2.24) is 19.1 Å². The Bertz CT molecular complexity index is 4070. The number of pyridine rings is 2. The van der Waals surface area contributed by atoms with Crippen molar-refractivity contribution in [3.05, 3.63) is 235 Å². The average molecular weight is 906 g/mol. The average Bonchev–Trinajstić information content (AvgIpc) is 3.92. The van der Waals surface area contributed by atoms with Gasteiger partial charge in [0.2, 0.25) is 11.5 Å². The zero-order chi connectivity index (χ0) is 46.9. The first-order valence-corrected chi connectivity index (χ1v) is 22.0. The maximum atomic E-state index is 16.2. The highest BCUT2D eigenvalue weighted by Crippen LogP contribution is 2.48. The fraction of sp³-hybridized carbons (Fsp3) is 0. The van der Waals surface area contributed by atoms with Gasteiger partial charge in [-0.25, -0.2) is 36.8 Å². The van der Waals surface area contributed by atoms with Crippen molar-refractivity contribution in [2.24, 2.45) is 0 Å². The summed E-state index contributed by atoms with van der Waals surface area (Å²) in [5.74, 6) is -10.5. The molecule has 328 valence electrons. The van der Waals surface area contributed by atoms with Gasteiger partial charge in [-0.2, -0.15) is 0 Å². The van der Waals surface area contributed by atoms with Gasteiger partial charge in [-0.15, -0.1) is 0 Å². The van der Waals surface area contributed by atoms with Gasteiger partial charge in [0, 0.05) is 49.4 Å². The highest BCUT2D eigenvalue weighted by molar-refractivity contribution is 6.13. The van der Waals surface area contributed by atoms with E-state index in [2.05, 4.69) is 4.85 Å². The Morgan fingerprint density at radius 2 is 0.783 bits per heavy atom. The number of fused-ring (bicyclic) bond motifs is 6. The number of aromatic nitrogens is 4. The minimum atomic E-state index is -2.28. The molecule has 0 atom stereocenters. The smallest absolute Gasteiger partial charge is 0.234 e. The molecule has 4 heterocycles. The van der Waals surface area contributed by atoms with E-state index >= 15 is 17.6 Å². The Balaban J connectivity index is 1.12. The Hall–Kier alpha value is -9.20. The number of halogens is 5. The summed E-state index contributed by atoms with van der Waals surface area (Å²) < 4.78 is 81.3. The highest BCUT2D eigenvalue weighted by Gasteiger charge is 2.32. The van der Waals surface area contributed by atoms with Crippen LogP contribution in [0.2, 0.25) is 0 Å².